The van der Waals surface area contributed by atoms with E-state index in [-0.39, 0.29) is 37.3 Å². The molecule has 0 bridgehead atoms. The van der Waals surface area contributed by atoms with Crippen LogP contribution in [0.15, 0.2) is 30.5 Å². The second-order valence-electron chi connectivity index (χ2n) is 4.83. The van der Waals surface area contributed by atoms with Crippen molar-refractivity contribution in [3.8, 4) is 5.75 Å². The molecule has 140 valence electrons. The third kappa shape index (κ3) is 7.63. The van der Waals surface area contributed by atoms with Gasteiger partial charge in [-0.15, -0.1) is 24.8 Å². The normalized spacial score (nSPS) is 9.84. The van der Waals surface area contributed by atoms with Gasteiger partial charge in [0.15, 0.2) is 6.61 Å². The number of fused-ring (bicyclic) bond motifs is 1. The maximum Gasteiger partial charge on any atom is 0.257 e. The second-order valence-corrected chi connectivity index (χ2v) is 5.23. The number of rotatable bonds is 9. The Bertz CT molecular complexity index is 659. The summed E-state index contributed by atoms with van der Waals surface area (Å²) in [5.74, 6) is 0.357. The summed E-state index contributed by atoms with van der Waals surface area (Å²) < 4.78 is 10.5. The summed E-state index contributed by atoms with van der Waals surface area (Å²) in [6.45, 7) is 2.55. The van der Waals surface area contributed by atoms with Gasteiger partial charge in [-0.05, 0) is 24.3 Å². The van der Waals surface area contributed by atoms with E-state index in [1.165, 1.54) is 0 Å². The Balaban J connectivity index is 0.00000288. The fourth-order valence-corrected chi connectivity index (χ4v) is 2.23. The lowest BCUT2D eigenvalue weighted by Crippen LogP contribution is -2.35. The van der Waals surface area contributed by atoms with Gasteiger partial charge in [-0.1, -0.05) is 11.6 Å². The lowest BCUT2D eigenvalue weighted by atomic mass is 10.2. The van der Waals surface area contributed by atoms with E-state index >= 15 is 0 Å². The first kappa shape index (κ1) is 23.7. The van der Waals surface area contributed by atoms with E-state index in [1.54, 1.807) is 31.5 Å². The molecule has 0 fully saturated rings. The Hall–Kier alpha value is -1.31. The van der Waals surface area contributed by atoms with Crippen molar-refractivity contribution in [3.63, 3.8) is 0 Å². The molecular formula is C16H22Cl3N3O3. The topological polar surface area (TPSA) is 72.5 Å². The average Bonchev–Trinajstić information content (AvgIpc) is 2.58. The molecule has 0 atom stereocenters. The van der Waals surface area contributed by atoms with E-state index in [0.29, 0.717) is 36.0 Å². The van der Waals surface area contributed by atoms with Crippen LogP contribution in [0.5, 0.6) is 5.75 Å². The highest BCUT2D eigenvalue weighted by Crippen LogP contribution is 2.29. The zero-order valence-electron chi connectivity index (χ0n) is 13.8. The lowest BCUT2D eigenvalue weighted by Gasteiger charge is -2.10. The van der Waals surface area contributed by atoms with Crippen molar-refractivity contribution in [2.24, 2.45) is 0 Å². The van der Waals surface area contributed by atoms with Gasteiger partial charge >= 0.3 is 0 Å². The minimum atomic E-state index is -0.183. The molecule has 2 rings (SSSR count). The van der Waals surface area contributed by atoms with Crippen LogP contribution in [0.3, 0.4) is 0 Å². The van der Waals surface area contributed by atoms with Gasteiger partial charge in [-0.25, -0.2) is 0 Å². The number of carbonyl (C=O) groups excluding carboxylic acids is 1. The molecule has 2 aromatic rings. The van der Waals surface area contributed by atoms with Crippen molar-refractivity contribution < 1.29 is 14.3 Å². The highest BCUT2D eigenvalue weighted by Gasteiger charge is 2.08. The van der Waals surface area contributed by atoms with Crippen LogP contribution in [0.2, 0.25) is 5.02 Å². The molecule has 0 aliphatic carbocycles. The average molecular weight is 411 g/mol. The van der Waals surface area contributed by atoms with Crippen LogP contribution in [0.4, 0.5) is 0 Å². The van der Waals surface area contributed by atoms with Crippen LogP contribution >= 0.6 is 36.4 Å². The maximum absolute atomic E-state index is 11.8. The fraction of sp³-hybridized carbons (Fsp3) is 0.375. The number of amides is 1. The van der Waals surface area contributed by atoms with Gasteiger partial charge in [0.25, 0.3) is 5.91 Å². The van der Waals surface area contributed by atoms with Crippen LogP contribution in [0.1, 0.15) is 0 Å². The summed E-state index contributed by atoms with van der Waals surface area (Å²) >= 11 is 6.12. The Labute approximate surface area is 164 Å². The quantitative estimate of drug-likeness (QED) is 0.621. The number of nitrogens with one attached hydrogen (secondary N) is 2. The number of benzene rings is 1. The van der Waals surface area contributed by atoms with Crippen LogP contribution in [0.25, 0.3) is 10.9 Å². The molecule has 6 nitrogen and oxygen atoms in total. The summed E-state index contributed by atoms with van der Waals surface area (Å²) in [5, 5.41) is 7.32. The molecule has 9 heteroatoms. The van der Waals surface area contributed by atoms with Crippen molar-refractivity contribution in [2.45, 2.75) is 0 Å². The van der Waals surface area contributed by atoms with E-state index in [9.17, 15) is 4.79 Å². The summed E-state index contributed by atoms with van der Waals surface area (Å²) in [7, 11) is 1.65. The summed E-state index contributed by atoms with van der Waals surface area (Å²) in [5.41, 5.74) is 0.647. The molecule has 1 amide bonds. The fourth-order valence-electron chi connectivity index (χ4n) is 2.01. The Morgan fingerprint density at radius 3 is 2.76 bits per heavy atom. The first-order valence-corrected chi connectivity index (χ1v) is 7.72. The zero-order chi connectivity index (χ0) is 16.5. The maximum atomic E-state index is 11.8. The van der Waals surface area contributed by atoms with Gasteiger partial charge in [0.1, 0.15) is 11.3 Å². The summed E-state index contributed by atoms with van der Waals surface area (Å²) in [4.78, 5) is 16.0. The Morgan fingerprint density at radius 1 is 1.20 bits per heavy atom. The monoisotopic (exact) mass is 409 g/mol. The molecule has 1 aromatic heterocycles. The highest BCUT2D eigenvalue weighted by atomic mass is 35.5. The van der Waals surface area contributed by atoms with E-state index in [1.807, 2.05) is 6.07 Å². The molecule has 0 unspecified atom stereocenters. The predicted molar refractivity (Wildman–Crippen MR) is 104 cm³/mol. The van der Waals surface area contributed by atoms with Gasteiger partial charge in [0.05, 0.1) is 11.6 Å². The molecule has 0 spiro atoms. The standard InChI is InChI=1S/C16H20ClN3O3.2ClH/c1-22-10-9-18-7-8-19-15(21)11-23-14-5-4-13(17)12-3-2-6-20-16(12)14;;/h2-6,18H,7-11H2,1H3,(H,19,21);2*1H. The van der Waals surface area contributed by atoms with Crippen molar-refractivity contribution >= 4 is 53.2 Å². The molecule has 0 saturated carbocycles. The smallest absolute Gasteiger partial charge is 0.257 e. The van der Waals surface area contributed by atoms with Gasteiger partial charge in [-0.2, -0.15) is 0 Å². The van der Waals surface area contributed by atoms with E-state index < -0.39 is 0 Å². The zero-order valence-corrected chi connectivity index (χ0v) is 16.2. The summed E-state index contributed by atoms with van der Waals surface area (Å²) in [6, 6.07) is 7.13. The molecule has 25 heavy (non-hydrogen) atoms. The van der Waals surface area contributed by atoms with Gasteiger partial charge in [0, 0.05) is 38.3 Å². The third-order valence-electron chi connectivity index (χ3n) is 3.15. The van der Waals surface area contributed by atoms with Crippen molar-refractivity contribution in [1.29, 1.82) is 0 Å². The van der Waals surface area contributed by atoms with Crippen molar-refractivity contribution in [2.75, 3.05) is 40.0 Å². The van der Waals surface area contributed by atoms with Crippen LogP contribution in [-0.4, -0.2) is 50.8 Å². The SMILES string of the molecule is COCCNCCNC(=O)COc1ccc(Cl)c2cccnc12.Cl.Cl. The third-order valence-corrected chi connectivity index (χ3v) is 3.47. The first-order chi connectivity index (χ1) is 11.2. The van der Waals surface area contributed by atoms with E-state index in [4.69, 9.17) is 21.1 Å². The minimum Gasteiger partial charge on any atom is -0.481 e. The molecule has 2 N–H and O–H groups in total. The number of hydrogen-bond donors (Lipinski definition) is 2. The van der Waals surface area contributed by atoms with Crippen LogP contribution in [-0.2, 0) is 9.53 Å². The number of halogens is 3. The number of hydrogen-bond acceptors (Lipinski definition) is 5. The predicted octanol–water partition coefficient (Wildman–Crippen LogP) is 2.46. The number of aromatic nitrogens is 1. The molecule has 0 aliphatic heterocycles. The largest absolute Gasteiger partial charge is 0.481 e. The Kier molecular flexibility index (Phi) is 12.3. The molecule has 0 saturated heterocycles. The minimum absolute atomic E-state index is 0. The number of pyridine rings is 1. The van der Waals surface area contributed by atoms with E-state index in [2.05, 4.69) is 15.6 Å². The highest BCUT2D eigenvalue weighted by molar-refractivity contribution is 6.35. The number of nitrogens with zero attached hydrogens (tertiary/aromatic N) is 1. The van der Waals surface area contributed by atoms with Gasteiger partial charge in [0.2, 0.25) is 0 Å². The van der Waals surface area contributed by atoms with Crippen molar-refractivity contribution in [3.05, 3.63) is 35.5 Å². The second kappa shape index (κ2) is 13.0. The van der Waals surface area contributed by atoms with Gasteiger partial charge in [-0.3, -0.25) is 9.78 Å². The lowest BCUT2D eigenvalue weighted by molar-refractivity contribution is -0.123. The van der Waals surface area contributed by atoms with Crippen LogP contribution < -0.4 is 15.4 Å². The number of methoxy groups -OCH3 is 1. The van der Waals surface area contributed by atoms with Gasteiger partial charge < -0.3 is 20.1 Å². The van der Waals surface area contributed by atoms with Crippen molar-refractivity contribution in [1.82, 2.24) is 15.6 Å². The molecule has 0 aliphatic rings. The molecule has 1 aromatic carbocycles. The van der Waals surface area contributed by atoms with E-state index in [0.717, 1.165) is 11.9 Å². The number of ether oxygens (including phenoxy) is 2. The number of carbonyl (C=O) groups is 1. The first-order valence-electron chi connectivity index (χ1n) is 7.34. The molecule has 1 heterocycles. The molecule has 0 radical (unpaired) electrons. The molecular weight excluding hydrogens is 389 g/mol. The summed E-state index contributed by atoms with van der Waals surface area (Å²) in [6.07, 6.45) is 1.66. The Morgan fingerprint density at radius 2 is 2.00 bits per heavy atom. The van der Waals surface area contributed by atoms with Crippen LogP contribution in [0, 0.1) is 0 Å².